The first-order valence-corrected chi connectivity index (χ1v) is 7.30. The van der Waals surface area contributed by atoms with E-state index in [0.717, 1.165) is 5.56 Å². The van der Waals surface area contributed by atoms with Gasteiger partial charge >= 0.3 is 0 Å². The van der Waals surface area contributed by atoms with Crippen LogP contribution in [0.1, 0.15) is 92.7 Å². The summed E-state index contributed by atoms with van der Waals surface area (Å²) in [6, 6.07) is 2.46. The van der Waals surface area contributed by atoms with Gasteiger partial charge in [-0.2, -0.15) is 5.26 Å². The molecular formula is C18H27N. The molecule has 0 atom stereocenters. The van der Waals surface area contributed by atoms with E-state index in [2.05, 4.69) is 61.5 Å². The number of hydrogen-bond donors (Lipinski definition) is 0. The Morgan fingerprint density at radius 3 is 1.42 bits per heavy atom. The maximum atomic E-state index is 9.60. The molecule has 0 heterocycles. The van der Waals surface area contributed by atoms with Crippen molar-refractivity contribution in [3.8, 4) is 6.07 Å². The van der Waals surface area contributed by atoms with Gasteiger partial charge in [-0.05, 0) is 59.4 Å². The van der Waals surface area contributed by atoms with E-state index < -0.39 is 0 Å². The second-order valence-electron chi connectivity index (χ2n) is 6.44. The van der Waals surface area contributed by atoms with E-state index in [1.807, 2.05) is 0 Å². The fraction of sp³-hybridized carbons (Fsp3) is 0.611. The Morgan fingerprint density at radius 2 is 1.11 bits per heavy atom. The molecule has 0 aliphatic carbocycles. The molecule has 0 saturated carbocycles. The molecule has 104 valence electrons. The molecule has 0 aliphatic rings. The first-order chi connectivity index (χ1) is 8.73. The Hall–Kier alpha value is -1.29. The van der Waals surface area contributed by atoms with Crippen LogP contribution in [-0.4, -0.2) is 0 Å². The average Bonchev–Trinajstić information content (AvgIpc) is 2.26. The topological polar surface area (TPSA) is 23.8 Å². The van der Waals surface area contributed by atoms with E-state index in [9.17, 15) is 5.26 Å². The van der Waals surface area contributed by atoms with Crippen molar-refractivity contribution in [1.29, 1.82) is 5.26 Å². The van der Waals surface area contributed by atoms with Crippen molar-refractivity contribution in [2.75, 3.05) is 0 Å². The molecule has 1 heteroatoms. The van der Waals surface area contributed by atoms with Crippen LogP contribution in [-0.2, 0) is 0 Å². The highest BCUT2D eigenvalue weighted by atomic mass is 14.3. The van der Waals surface area contributed by atoms with Crippen molar-refractivity contribution in [3.05, 3.63) is 33.4 Å². The second-order valence-corrected chi connectivity index (χ2v) is 6.44. The van der Waals surface area contributed by atoms with Gasteiger partial charge < -0.3 is 0 Å². The highest BCUT2D eigenvalue weighted by Gasteiger charge is 2.23. The minimum atomic E-state index is 0.394. The van der Waals surface area contributed by atoms with Crippen molar-refractivity contribution >= 4 is 0 Å². The zero-order chi connectivity index (χ0) is 14.9. The highest BCUT2D eigenvalue weighted by Crippen LogP contribution is 2.38. The molecule has 19 heavy (non-hydrogen) atoms. The van der Waals surface area contributed by atoms with Gasteiger partial charge in [-0.25, -0.2) is 0 Å². The summed E-state index contributed by atoms with van der Waals surface area (Å²) in [6.07, 6.45) is 0. The molecule has 0 N–H and O–H groups in total. The van der Waals surface area contributed by atoms with E-state index in [1.165, 1.54) is 27.8 Å². The zero-order valence-electron chi connectivity index (χ0n) is 13.7. The van der Waals surface area contributed by atoms with Crippen LogP contribution < -0.4 is 0 Å². The van der Waals surface area contributed by atoms with Gasteiger partial charge in [0.15, 0.2) is 0 Å². The van der Waals surface area contributed by atoms with Crippen LogP contribution in [0.5, 0.6) is 0 Å². The van der Waals surface area contributed by atoms with E-state index in [4.69, 9.17) is 0 Å². The van der Waals surface area contributed by atoms with Gasteiger partial charge in [-0.1, -0.05) is 41.5 Å². The molecule has 0 amide bonds. The highest BCUT2D eigenvalue weighted by molar-refractivity contribution is 5.58. The summed E-state index contributed by atoms with van der Waals surface area (Å²) >= 11 is 0. The predicted molar refractivity (Wildman–Crippen MR) is 82.9 cm³/mol. The first kappa shape index (κ1) is 15.8. The summed E-state index contributed by atoms with van der Waals surface area (Å²) in [5.41, 5.74) is 7.50. The molecule has 0 aromatic heterocycles. The molecule has 0 radical (unpaired) electrons. The summed E-state index contributed by atoms with van der Waals surface area (Å²) in [5.74, 6) is 1.32. The van der Waals surface area contributed by atoms with Crippen molar-refractivity contribution < 1.29 is 0 Å². The van der Waals surface area contributed by atoms with Crippen molar-refractivity contribution in [1.82, 2.24) is 0 Å². The van der Waals surface area contributed by atoms with Gasteiger partial charge in [0.25, 0.3) is 0 Å². The quantitative estimate of drug-likeness (QED) is 0.697. The number of nitriles is 1. The lowest BCUT2D eigenvalue weighted by Crippen LogP contribution is -2.11. The number of nitrogens with zero attached hydrogens (tertiary/aromatic N) is 1. The molecule has 1 aromatic rings. The van der Waals surface area contributed by atoms with Crippen LogP contribution in [0.2, 0.25) is 0 Å². The molecule has 1 rings (SSSR count). The summed E-state index contributed by atoms with van der Waals surface area (Å²) in [7, 11) is 0. The van der Waals surface area contributed by atoms with Gasteiger partial charge in [-0.3, -0.25) is 0 Å². The molecule has 0 aliphatic heterocycles. The van der Waals surface area contributed by atoms with Gasteiger partial charge in [0, 0.05) is 0 Å². The lowest BCUT2D eigenvalue weighted by Gasteiger charge is -2.26. The summed E-state index contributed by atoms with van der Waals surface area (Å²) < 4.78 is 0. The molecule has 0 unspecified atom stereocenters. The fourth-order valence-corrected chi connectivity index (χ4v) is 3.45. The maximum Gasteiger partial charge on any atom is 0.0997 e. The largest absolute Gasteiger partial charge is 0.192 e. The summed E-state index contributed by atoms with van der Waals surface area (Å²) in [4.78, 5) is 0. The van der Waals surface area contributed by atoms with E-state index in [0.29, 0.717) is 17.8 Å². The van der Waals surface area contributed by atoms with Crippen LogP contribution in [0.3, 0.4) is 0 Å². The molecule has 0 fully saturated rings. The third-order valence-corrected chi connectivity index (χ3v) is 3.99. The molecular weight excluding hydrogens is 230 g/mol. The number of hydrogen-bond acceptors (Lipinski definition) is 1. The second kappa shape index (κ2) is 5.78. The average molecular weight is 257 g/mol. The van der Waals surface area contributed by atoms with Crippen LogP contribution in [0.25, 0.3) is 0 Å². The molecule has 1 nitrogen and oxygen atoms in total. The smallest absolute Gasteiger partial charge is 0.0997 e. The fourth-order valence-electron chi connectivity index (χ4n) is 3.45. The third-order valence-electron chi connectivity index (χ3n) is 3.99. The van der Waals surface area contributed by atoms with Crippen LogP contribution in [0.15, 0.2) is 0 Å². The predicted octanol–water partition coefficient (Wildman–Crippen LogP) is 5.55. The Balaban J connectivity index is 3.90. The normalized spacial score (nSPS) is 11.5. The Labute approximate surface area is 118 Å². The SMILES string of the molecule is Cc1c(C#N)c(C(C)C)c(C(C)C)c(C)c1C(C)C. The first-order valence-electron chi connectivity index (χ1n) is 7.30. The summed E-state index contributed by atoms with van der Waals surface area (Å²) in [5, 5.41) is 9.60. The zero-order valence-corrected chi connectivity index (χ0v) is 13.7. The monoisotopic (exact) mass is 257 g/mol. The van der Waals surface area contributed by atoms with E-state index >= 15 is 0 Å². The van der Waals surface area contributed by atoms with Gasteiger partial charge in [0.05, 0.1) is 11.6 Å². The maximum absolute atomic E-state index is 9.60. The lowest BCUT2D eigenvalue weighted by molar-refractivity contribution is 0.758. The summed E-state index contributed by atoms with van der Waals surface area (Å²) in [6.45, 7) is 17.6. The minimum Gasteiger partial charge on any atom is -0.192 e. The van der Waals surface area contributed by atoms with Crippen molar-refractivity contribution in [2.24, 2.45) is 0 Å². The molecule has 0 saturated heterocycles. The van der Waals surface area contributed by atoms with Gasteiger partial charge in [-0.15, -0.1) is 0 Å². The number of benzene rings is 1. The van der Waals surface area contributed by atoms with Gasteiger partial charge in [0.2, 0.25) is 0 Å². The van der Waals surface area contributed by atoms with Crippen molar-refractivity contribution in [2.45, 2.75) is 73.1 Å². The molecule has 0 bridgehead atoms. The lowest BCUT2D eigenvalue weighted by atomic mass is 9.77. The Kier molecular flexibility index (Phi) is 4.80. The Bertz CT molecular complexity index is 514. The van der Waals surface area contributed by atoms with E-state index in [-0.39, 0.29) is 0 Å². The number of rotatable bonds is 3. The van der Waals surface area contributed by atoms with Crippen molar-refractivity contribution in [3.63, 3.8) is 0 Å². The standard InChI is InChI=1S/C18H27N/c1-10(2)16-13(7)15(9-19)18(12(5)6)17(11(3)4)14(16)8/h10-12H,1-8H3. The third kappa shape index (κ3) is 2.68. The van der Waals surface area contributed by atoms with Crippen LogP contribution in [0.4, 0.5) is 0 Å². The molecule has 0 spiro atoms. The minimum absolute atomic E-state index is 0.394. The Morgan fingerprint density at radius 1 is 0.684 bits per heavy atom. The van der Waals surface area contributed by atoms with Gasteiger partial charge in [0.1, 0.15) is 0 Å². The van der Waals surface area contributed by atoms with Crippen LogP contribution >= 0.6 is 0 Å². The van der Waals surface area contributed by atoms with E-state index in [1.54, 1.807) is 0 Å². The van der Waals surface area contributed by atoms with Crippen LogP contribution in [0, 0.1) is 25.2 Å². The molecule has 1 aromatic carbocycles.